The van der Waals surface area contributed by atoms with Gasteiger partial charge in [-0.2, -0.15) is 5.10 Å². The number of rotatable bonds is 5. The maximum Gasteiger partial charge on any atom is 0.328 e. The van der Waals surface area contributed by atoms with Crippen LogP contribution in [-0.2, 0) is 22.5 Å². The van der Waals surface area contributed by atoms with Crippen LogP contribution >= 0.6 is 0 Å². The standard InChI is InChI=1S/C26H27N7O4/c1-27-19-4-6-21-18(13-19)15-33(26(36)29-21)20-7-9-32(10-8-20)25(35)30-23(24(34)37-2)12-16-3-5-22-17(11-16)14-28-31-22/h3-6,11,13-14,20,23H,7-10,12,15H2,2H3,(H,28,31)(H,29,36)(H,30,35). The van der Waals surface area contributed by atoms with Gasteiger partial charge in [0.05, 0.1) is 25.4 Å². The number of methoxy groups -OCH3 is 1. The number of carbonyl (C=O) groups excluding carboxylic acids is 3. The Hall–Kier alpha value is -4.59. The molecule has 2 aliphatic heterocycles. The highest BCUT2D eigenvalue weighted by Gasteiger charge is 2.33. The Bertz CT molecular complexity index is 1390. The number of H-pyrrole nitrogens is 1. The predicted octanol–water partition coefficient (Wildman–Crippen LogP) is 3.42. The number of ether oxygens (including phenoxy) is 1. The lowest BCUT2D eigenvalue weighted by Gasteiger charge is -2.40. The molecule has 1 aromatic heterocycles. The van der Waals surface area contributed by atoms with Gasteiger partial charge in [-0.3, -0.25) is 5.10 Å². The Balaban J connectivity index is 1.20. The average Bonchev–Trinajstić information content (AvgIpc) is 3.39. The number of carbonyl (C=O) groups is 3. The number of hydrogen-bond acceptors (Lipinski definition) is 5. The van der Waals surface area contributed by atoms with Crippen LogP contribution in [0.5, 0.6) is 0 Å². The van der Waals surface area contributed by atoms with E-state index in [1.165, 1.54) is 7.11 Å². The summed E-state index contributed by atoms with van der Waals surface area (Å²) in [5, 5.41) is 13.6. The lowest BCUT2D eigenvalue weighted by Crippen LogP contribution is -2.54. The minimum absolute atomic E-state index is 0.0353. The monoisotopic (exact) mass is 501 g/mol. The van der Waals surface area contributed by atoms with Crippen molar-refractivity contribution in [3.05, 3.63) is 65.1 Å². The highest BCUT2D eigenvalue weighted by Crippen LogP contribution is 2.30. The van der Waals surface area contributed by atoms with Crippen LogP contribution < -0.4 is 10.6 Å². The van der Waals surface area contributed by atoms with Crippen molar-refractivity contribution in [2.24, 2.45) is 0 Å². The summed E-state index contributed by atoms with van der Waals surface area (Å²) in [5.41, 5.74) is 3.93. The molecule has 0 aliphatic carbocycles. The fourth-order valence-corrected chi connectivity index (χ4v) is 4.95. The van der Waals surface area contributed by atoms with Crippen molar-refractivity contribution < 1.29 is 19.1 Å². The molecule has 11 heteroatoms. The fraction of sp³-hybridized carbons (Fsp3) is 0.346. The van der Waals surface area contributed by atoms with Crippen LogP contribution in [0, 0.1) is 6.57 Å². The van der Waals surface area contributed by atoms with E-state index >= 15 is 0 Å². The Morgan fingerprint density at radius 2 is 2.05 bits per heavy atom. The molecule has 1 atom stereocenters. The first-order chi connectivity index (χ1) is 17.9. The summed E-state index contributed by atoms with van der Waals surface area (Å²) in [4.78, 5) is 45.1. The molecule has 0 saturated carbocycles. The van der Waals surface area contributed by atoms with Gasteiger partial charge in [-0.1, -0.05) is 12.1 Å². The third kappa shape index (κ3) is 5.04. The molecule has 0 spiro atoms. The molecule has 5 rings (SSSR count). The van der Waals surface area contributed by atoms with E-state index in [2.05, 4.69) is 25.7 Å². The van der Waals surface area contributed by atoms with Crippen molar-refractivity contribution >= 4 is 40.3 Å². The van der Waals surface area contributed by atoms with Crippen LogP contribution in [0.1, 0.15) is 24.0 Å². The molecule has 190 valence electrons. The summed E-state index contributed by atoms with van der Waals surface area (Å²) < 4.78 is 4.94. The number of amides is 4. The summed E-state index contributed by atoms with van der Waals surface area (Å²) in [6.07, 6.45) is 3.22. The third-order valence-electron chi connectivity index (χ3n) is 6.98. The summed E-state index contributed by atoms with van der Waals surface area (Å²) in [6.45, 7) is 8.55. The minimum Gasteiger partial charge on any atom is -0.467 e. The van der Waals surface area contributed by atoms with E-state index in [0.717, 1.165) is 27.7 Å². The van der Waals surface area contributed by atoms with Gasteiger partial charge in [-0.05, 0) is 48.2 Å². The molecule has 1 fully saturated rings. The summed E-state index contributed by atoms with van der Waals surface area (Å²) in [5.74, 6) is -0.516. The highest BCUT2D eigenvalue weighted by atomic mass is 16.5. The van der Waals surface area contributed by atoms with E-state index in [9.17, 15) is 14.4 Å². The van der Waals surface area contributed by atoms with Crippen molar-refractivity contribution in [2.45, 2.75) is 37.9 Å². The van der Waals surface area contributed by atoms with Crippen LogP contribution in [0.4, 0.5) is 21.0 Å². The number of benzene rings is 2. The predicted molar refractivity (Wildman–Crippen MR) is 136 cm³/mol. The van der Waals surface area contributed by atoms with Gasteiger partial charge in [-0.25, -0.2) is 19.2 Å². The maximum atomic E-state index is 13.0. The lowest BCUT2D eigenvalue weighted by molar-refractivity contribution is -0.142. The molecule has 11 nitrogen and oxygen atoms in total. The van der Waals surface area contributed by atoms with Crippen LogP contribution in [0.15, 0.2) is 42.6 Å². The number of likely N-dealkylation sites (tertiary alicyclic amines) is 1. The smallest absolute Gasteiger partial charge is 0.328 e. The molecule has 2 aliphatic rings. The number of aromatic nitrogens is 2. The normalized spacial score (nSPS) is 16.5. The van der Waals surface area contributed by atoms with Gasteiger partial charge in [0, 0.05) is 43.2 Å². The summed E-state index contributed by atoms with van der Waals surface area (Å²) in [7, 11) is 1.30. The van der Waals surface area contributed by atoms with Gasteiger partial charge in [-0.15, -0.1) is 0 Å². The first-order valence-corrected chi connectivity index (χ1v) is 12.1. The molecule has 1 saturated heterocycles. The van der Waals surface area contributed by atoms with Gasteiger partial charge in [0.1, 0.15) is 6.04 Å². The van der Waals surface area contributed by atoms with E-state index in [4.69, 9.17) is 11.3 Å². The molecular formula is C26H27N7O4. The minimum atomic E-state index is -0.833. The zero-order valence-corrected chi connectivity index (χ0v) is 20.4. The second-order valence-corrected chi connectivity index (χ2v) is 9.25. The van der Waals surface area contributed by atoms with E-state index in [-0.39, 0.29) is 24.5 Å². The number of piperidine rings is 1. The molecule has 1 unspecified atom stereocenters. The molecule has 4 amide bonds. The second kappa shape index (κ2) is 10.2. The summed E-state index contributed by atoms with van der Waals surface area (Å²) in [6, 6.07) is 9.57. The number of nitrogens with one attached hydrogen (secondary N) is 3. The quantitative estimate of drug-likeness (QED) is 0.365. The Morgan fingerprint density at radius 1 is 1.24 bits per heavy atom. The Labute approximate surface area is 213 Å². The van der Waals surface area contributed by atoms with Crippen LogP contribution in [0.2, 0.25) is 0 Å². The van der Waals surface area contributed by atoms with Crippen LogP contribution in [-0.4, -0.2) is 70.3 Å². The molecule has 37 heavy (non-hydrogen) atoms. The van der Waals surface area contributed by atoms with Crippen molar-refractivity contribution in [2.75, 3.05) is 25.5 Å². The Kier molecular flexibility index (Phi) is 6.64. The first kappa shape index (κ1) is 24.1. The SMILES string of the molecule is [C-]#[N+]c1ccc2c(c1)CN(C1CCN(C(=O)NC(Cc3ccc4[nH]ncc4c3)C(=O)OC)CC1)C(=O)N2. The number of esters is 1. The van der Waals surface area contributed by atoms with E-state index < -0.39 is 12.0 Å². The molecular weight excluding hydrogens is 474 g/mol. The van der Waals surface area contributed by atoms with Crippen molar-refractivity contribution in [1.82, 2.24) is 25.3 Å². The molecule has 0 radical (unpaired) electrons. The Morgan fingerprint density at radius 3 is 2.81 bits per heavy atom. The molecule has 3 N–H and O–H groups in total. The molecule has 3 aromatic rings. The van der Waals surface area contributed by atoms with Crippen molar-refractivity contribution in [3.8, 4) is 0 Å². The zero-order chi connectivity index (χ0) is 25.9. The molecule has 2 aromatic carbocycles. The van der Waals surface area contributed by atoms with Crippen molar-refractivity contribution in [1.29, 1.82) is 0 Å². The van der Waals surface area contributed by atoms with E-state index in [0.29, 0.717) is 38.2 Å². The van der Waals surface area contributed by atoms with Gasteiger partial charge < -0.3 is 25.2 Å². The number of hydrogen-bond donors (Lipinski definition) is 3. The fourth-order valence-electron chi connectivity index (χ4n) is 4.95. The van der Waals surface area contributed by atoms with Gasteiger partial charge >= 0.3 is 18.0 Å². The number of fused-ring (bicyclic) bond motifs is 2. The highest BCUT2D eigenvalue weighted by molar-refractivity contribution is 5.93. The van der Waals surface area contributed by atoms with Crippen LogP contribution in [0.3, 0.4) is 0 Å². The van der Waals surface area contributed by atoms with Gasteiger partial charge in [0.2, 0.25) is 0 Å². The number of aromatic amines is 1. The van der Waals surface area contributed by atoms with Gasteiger partial charge in [0.25, 0.3) is 0 Å². The topological polar surface area (TPSA) is 124 Å². The largest absolute Gasteiger partial charge is 0.467 e. The molecule has 3 heterocycles. The number of nitrogens with zero attached hydrogens (tertiary/aromatic N) is 4. The van der Waals surface area contributed by atoms with Gasteiger partial charge in [0.15, 0.2) is 5.69 Å². The number of urea groups is 2. The third-order valence-corrected chi connectivity index (χ3v) is 6.98. The van der Waals surface area contributed by atoms with E-state index in [1.54, 1.807) is 34.2 Å². The summed E-state index contributed by atoms with van der Waals surface area (Å²) >= 11 is 0. The van der Waals surface area contributed by atoms with Crippen molar-refractivity contribution in [3.63, 3.8) is 0 Å². The second-order valence-electron chi connectivity index (χ2n) is 9.25. The lowest BCUT2D eigenvalue weighted by atomic mass is 10.0. The van der Waals surface area contributed by atoms with E-state index in [1.807, 2.05) is 18.2 Å². The first-order valence-electron chi connectivity index (χ1n) is 12.1. The zero-order valence-electron chi connectivity index (χ0n) is 20.4. The number of anilines is 1. The maximum absolute atomic E-state index is 13.0. The molecule has 0 bridgehead atoms. The average molecular weight is 502 g/mol. The van der Waals surface area contributed by atoms with Crippen LogP contribution in [0.25, 0.3) is 15.7 Å².